The Bertz CT molecular complexity index is 566. The zero-order valence-electron chi connectivity index (χ0n) is 13.8. The monoisotopic (exact) mass is 324 g/mol. The van der Waals surface area contributed by atoms with E-state index in [1.807, 2.05) is 13.8 Å². The molecule has 0 bridgehead atoms. The molecule has 0 amide bonds. The lowest BCUT2D eigenvalue weighted by molar-refractivity contribution is 0.106. The van der Waals surface area contributed by atoms with Crippen LogP contribution in [0.4, 0.5) is 0 Å². The average Bonchev–Trinajstić information content (AvgIpc) is 3.06. The molecule has 1 fully saturated rings. The van der Waals surface area contributed by atoms with Crippen molar-refractivity contribution >= 4 is 12.7 Å². The maximum Gasteiger partial charge on any atom is 0.229 e. The van der Waals surface area contributed by atoms with Crippen molar-refractivity contribution in [2.24, 2.45) is 0 Å². The molecule has 0 saturated heterocycles. The summed E-state index contributed by atoms with van der Waals surface area (Å²) in [6, 6.07) is 5.20. The van der Waals surface area contributed by atoms with Crippen molar-refractivity contribution in [3.63, 3.8) is 0 Å². The summed E-state index contributed by atoms with van der Waals surface area (Å²) in [6.45, 7) is 3.78. The lowest BCUT2D eigenvalue weighted by atomic mass is 10.2. The van der Waals surface area contributed by atoms with Gasteiger partial charge in [0.2, 0.25) is 5.52 Å². The zero-order valence-corrected chi connectivity index (χ0v) is 14.7. The van der Waals surface area contributed by atoms with Crippen LogP contribution in [0, 0.1) is 0 Å². The van der Waals surface area contributed by atoms with Crippen LogP contribution >= 0.6 is 7.14 Å². The lowest BCUT2D eigenvalue weighted by Crippen LogP contribution is -2.20. The van der Waals surface area contributed by atoms with Gasteiger partial charge in [-0.1, -0.05) is 32.8 Å². The lowest BCUT2D eigenvalue weighted by Gasteiger charge is -2.27. The van der Waals surface area contributed by atoms with E-state index < -0.39 is 7.14 Å². The van der Waals surface area contributed by atoms with Gasteiger partial charge in [0.1, 0.15) is 17.1 Å². The largest absolute Gasteiger partial charge is 0.496 e. The number of hydrogen-bond donors (Lipinski definition) is 0. The SMILES string of the molecule is COc1cccc(OC)c1C(=O)P(=O)(C(C)C)C1CCCC1. The molecule has 0 spiro atoms. The summed E-state index contributed by atoms with van der Waals surface area (Å²) in [4.78, 5) is 13.2. The Kier molecular flexibility index (Phi) is 5.33. The van der Waals surface area contributed by atoms with Crippen LogP contribution in [0.25, 0.3) is 0 Å². The van der Waals surface area contributed by atoms with E-state index in [1.54, 1.807) is 18.2 Å². The molecule has 1 aliphatic rings. The van der Waals surface area contributed by atoms with Crippen molar-refractivity contribution in [2.75, 3.05) is 14.2 Å². The first-order valence-electron chi connectivity index (χ1n) is 7.82. The molecule has 1 aliphatic carbocycles. The van der Waals surface area contributed by atoms with Gasteiger partial charge in [-0.15, -0.1) is 0 Å². The minimum absolute atomic E-state index is 0.00498. The number of methoxy groups -OCH3 is 2. The third-order valence-corrected chi connectivity index (χ3v) is 8.59. The van der Waals surface area contributed by atoms with Gasteiger partial charge in [-0.25, -0.2) is 0 Å². The maximum atomic E-state index is 13.7. The van der Waals surface area contributed by atoms with Gasteiger partial charge in [0.15, 0.2) is 7.14 Å². The fourth-order valence-corrected chi connectivity index (χ4v) is 6.69. The standard InChI is InChI=1S/C17H25O4P/c1-12(2)22(19,13-8-5-6-9-13)17(18)16-14(20-3)10-7-11-15(16)21-4/h7,10-13H,5-6,8-9H2,1-4H3. The van der Waals surface area contributed by atoms with Crippen molar-refractivity contribution in [1.29, 1.82) is 0 Å². The zero-order chi connectivity index (χ0) is 16.3. The first-order valence-corrected chi connectivity index (χ1v) is 9.66. The number of carbonyl (C=O) groups is 1. The first kappa shape index (κ1) is 17.1. The van der Waals surface area contributed by atoms with Crippen LogP contribution in [0.15, 0.2) is 18.2 Å². The fourth-order valence-electron chi connectivity index (χ4n) is 3.35. The van der Waals surface area contributed by atoms with Gasteiger partial charge in [-0.3, -0.25) is 4.79 Å². The second-order valence-electron chi connectivity index (χ2n) is 6.08. The molecule has 1 aromatic carbocycles. The normalized spacial score (nSPS) is 18.2. The van der Waals surface area contributed by atoms with Crippen LogP contribution in [0.5, 0.6) is 11.5 Å². The van der Waals surface area contributed by atoms with E-state index in [0.717, 1.165) is 25.7 Å². The van der Waals surface area contributed by atoms with Gasteiger partial charge in [0, 0.05) is 11.3 Å². The molecule has 0 aliphatic heterocycles. The van der Waals surface area contributed by atoms with E-state index in [2.05, 4.69) is 0 Å². The van der Waals surface area contributed by atoms with Crippen LogP contribution in [0.1, 0.15) is 49.9 Å². The molecule has 0 radical (unpaired) electrons. The highest BCUT2D eigenvalue weighted by atomic mass is 31.2. The fraction of sp³-hybridized carbons (Fsp3) is 0.588. The molecule has 0 heterocycles. The van der Waals surface area contributed by atoms with Crippen molar-refractivity contribution in [1.82, 2.24) is 0 Å². The van der Waals surface area contributed by atoms with Crippen LogP contribution in [0.2, 0.25) is 0 Å². The Balaban J connectivity index is 2.55. The molecule has 0 N–H and O–H groups in total. The highest BCUT2D eigenvalue weighted by Crippen LogP contribution is 2.63. The highest BCUT2D eigenvalue weighted by molar-refractivity contribution is 7.82. The number of carbonyl (C=O) groups excluding carboxylic acids is 1. The number of hydrogen-bond acceptors (Lipinski definition) is 4. The maximum absolute atomic E-state index is 13.7. The molecule has 22 heavy (non-hydrogen) atoms. The number of ether oxygens (including phenoxy) is 2. The van der Waals surface area contributed by atoms with E-state index in [0.29, 0.717) is 17.1 Å². The minimum atomic E-state index is -3.03. The molecule has 1 aromatic rings. The van der Waals surface area contributed by atoms with Gasteiger partial charge in [-0.2, -0.15) is 0 Å². The Labute approximate surface area is 132 Å². The van der Waals surface area contributed by atoms with Gasteiger partial charge < -0.3 is 14.0 Å². The molecule has 122 valence electrons. The average molecular weight is 324 g/mol. The van der Waals surface area contributed by atoms with Crippen LogP contribution < -0.4 is 9.47 Å². The molecule has 4 nitrogen and oxygen atoms in total. The number of benzene rings is 1. The van der Waals surface area contributed by atoms with Crippen molar-refractivity contribution in [2.45, 2.75) is 50.8 Å². The molecule has 1 unspecified atom stereocenters. The summed E-state index contributed by atoms with van der Waals surface area (Å²) in [5, 5.41) is 0. The highest BCUT2D eigenvalue weighted by Gasteiger charge is 2.45. The first-order chi connectivity index (χ1) is 10.5. The van der Waals surface area contributed by atoms with Crippen LogP contribution in [-0.2, 0) is 4.57 Å². The van der Waals surface area contributed by atoms with Crippen molar-refractivity contribution in [3.05, 3.63) is 23.8 Å². The smallest absolute Gasteiger partial charge is 0.229 e. The summed E-state index contributed by atoms with van der Waals surface area (Å²) in [7, 11) is -0.000416. The quantitative estimate of drug-likeness (QED) is 0.720. The van der Waals surface area contributed by atoms with Crippen molar-refractivity contribution < 1.29 is 18.8 Å². The summed E-state index contributed by atoms with van der Waals surface area (Å²) >= 11 is 0. The minimum Gasteiger partial charge on any atom is -0.496 e. The molecule has 1 saturated carbocycles. The Morgan fingerprint density at radius 1 is 1.14 bits per heavy atom. The summed E-state index contributed by atoms with van der Waals surface area (Å²) in [5.41, 5.74) is -0.132. The topological polar surface area (TPSA) is 52.6 Å². The Morgan fingerprint density at radius 3 is 2.05 bits per heavy atom. The van der Waals surface area contributed by atoms with E-state index >= 15 is 0 Å². The Morgan fingerprint density at radius 2 is 1.64 bits per heavy atom. The predicted molar refractivity (Wildman–Crippen MR) is 88.9 cm³/mol. The van der Waals surface area contributed by atoms with Gasteiger partial charge in [0.05, 0.1) is 14.2 Å². The molecule has 2 rings (SSSR count). The second-order valence-corrected chi connectivity index (χ2v) is 9.67. The third-order valence-electron chi connectivity index (χ3n) is 4.59. The van der Waals surface area contributed by atoms with Crippen molar-refractivity contribution in [3.8, 4) is 11.5 Å². The van der Waals surface area contributed by atoms with E-state index in [9.17, 15) is 9.36 Å². The molecular weight excluding hydrogens is 299 g/mol. The third kappa shape index (κ3) is 2.81. The molecule has 1 atom stereocenters. The van der Waals surface area contributed by atoms with Crippen LogP contribution in [-0.4, -0.2) is 31.1 Å². The molecule has 5 heteroatoms. The van der Waals surface area contributed by atoms with Gasteiger partial charge >= 0.3 is 0 Å². The summed E-state index contributed by atoms with van der Waals surface area (Å²) < 4.78 is 24.3. The summed E-state index contributed by atoms with van der Waals surface area (Å²) in [6.07, 6.45) is 3.85. The van der Waals surface area contributed by atoms with Gasteiger partial charge in [0.25, 0.3) is 0 Å². The van der Waals surface area contributed by atoms with E-state index in [4.69, 9.17) is 9.47 Å². The Hall–Kier alpha value is -1.28. The van der Waals surface area contributed by atoms with E-state index in [1.165, 1.54) is 14.2 Å². The predicted octanol–water partition coefficient (Wildman–Crippen LogP) is 4.56. The number of rotatable bonds is 6. The molecular formula is C17H25O4P. The van der Waals surface area contributed by atoms with Crippen LogP contribution in [0.3, 0.4) is 0 Å². The second kappa shape index (κ2) is 6.87. The van der Waals surface area contributed by atoms with Gasteiger partial charge in [-0.05, 0) is 25.0 Å². The molecule has 0 aromatic heterocycles. The van der Waals surface area contributed by atoms with E-state index in [-0.39, 0.29) is 16.8 Å². The summed E-state index contributed by atoms with van der Waals surface area (Å²) in [5.74, 6) is 0.867.